The fourth-order valence-electron chi connectivity index (χ4n) is 2.38. The number of hydrogen-bond acceptors (Lipinski definition) is 4. The highest BCUT2D eigenvalue weighted by molar-refractivity contribution is 7.10. The van der Waals surface area contributed by atoms with E-state index in [1.54, 1.807) is 11.3 Å². The number of piperazine rings is 1. The van der Waals surface area contributed by atoms with E-state index in [-0.39, 0.29) is 5.91 Å². The van der Waals surface area contributed by atoms with Crippen molar-refractivity contribution in [2.24, 2.45) is 0 Å². The summed E-state index contributed by atoms with van der Waals surface area (Å²) in [6.45, 7) is 8.29. The summed E-state index contributed by atoms with van der Waals surface area (Å²) in [4.78, 5) is 17.7. The van der Waals surface area contributed by atoms with Gasteiger partial charge in [0.15, 0.2) is 0 Å². The molecule has 1 aromatic rings. The lowest BCUT2D eigenvalue weighted by Crippen LogP contribution is -2.49. The van der Waals surface area contributed by atoms with Crippen LogP contribution in [0.4, 0.5) is 0 Å². The molecule has 1 aliphatic rings. The van der Waals surface area contributed by atoms with E-state index in [4.69, 9.17) is 0 Å². The van der Waals surface area contributed by atoms with Gasteiger partial charge in [0.2, 0.25) is 5.91 Å². The van der Waals surface area contributed by atoms with Gasteiger partial charge >= 0.3 is 0 Å². The molecule has 1 atom stereocenters. The molecule has 0 radical (unpaired) electrons. The summed E-state index contributed by atoms with van der Waals surface area (Å²) in [7, 11) is 2.03. The normalized spacial score (nSPS) is 17.8. The Morgan fingerprint density at radius 2 is 2.21 bits per heavy atom. The number of rotatable bonds is 4. The van der Waals surface area contributed by atoms with E-state index in [0.717, 1.165) is 26.2 Å². The molecule has 1 saturated heterocycles. The molecule has 106 valence electrons. The number of nitrogens with one attached hydrogen (secondary N) is 1. The third-order valence-electron chi connectivity index (χ3n) is 3.80. The summed E-state index contributed by atoms with van der Waals surface area (Å²) >= 11 is 1.77. The van der Waals surface area contributed by atoms with Crippen LogP contribution in [-0.2, 0) is 4.79 Å². The minimum absolute atomic E-state index is 0.241. The van der Waals surface area contributed by atoms with Crippen LogP contribution in [0.15, 0.2) is 11.4 Å². The number of aryl methyl sites for hydroxylation is 1. The first-order valence-corrected chi connectivity index (χ1v) is 7.70. The van der Waals surface area contributed by atoms with Crippen LogP contribution in [0.25, 0.3) is 0 Å². The van der Waals surface area contributed by atoms with Crippen LogP contribution in [-0.4, -0.2) is 55.5 Å². The second-order valence-electron chi connectivity index (χ2n) is 5.19. The van der Waals surface area contributed by atoms with E-state index in [1.807, 2.05) is 11.9 Å². The highest BCUT2D eigenvalue weighted by Crippen LogP contribution is 2.27. The summed E-state index contributed by atoms with van der Waals surface area (Å²) < 4.78 is 0. The van der Waals surface area contributed by atoms with Gasteiger partial charge in [-0.1, -0.05) is 0 Å². The highest BCUT2D eigenvalue weighted by Gasteiger charge is 2.21. The molecule has 0 aliphatic carbocycles. The van der Waals surface area contributed by atoms with Crippen LogP contribution >= 0.6 is 11.3 Å². The van der Waals surface area contributed by atoms with Gasteiger partial charge in [0.25, 0.3) is 0 Å². The van der Waals surface area contributed by atoms with Crippen molar-refractivity contribution < 1.29 is 4.79 Å². The number of nitrogens with zero attached hydrogens (tertiary/aromatic N) is 2. The molecule has 0 bridgehead atoms. The van der Waals surface area contributed by atoms with E-state index < -0.39 is 0 Å². The lowest BCUT2D eigenvalue weighted by Gasteiger charge is -2.31. The van der Waals surface area contributed by atoms with Crippen molar-refractivity contribution in [3.63, 3.8) is 0 Å². The predicted molar refractivity (Wildman–Crippen MR) is 79.6 cm³/mol. The molecule has 2 heterocycles. The lowest BCUT2D eigenvalue weighted by molar-refractivity contribution is -0.133. The fourth-order valence-corrected chi connectivity index (χ4v) is 3.43. The van der Waals surface area contributed by atoms with Crippen LogP contribution in [0.2, 0.25) is 0 Å². The molecule has 0 spiro atoms. The van der Waals surface area contributed by atoms with Gasteiger partial charge in [-0.05, 0) is 37.9 Å². The zero-order valence-electron chi connectivity index (χ0n) is 12.0. The minimum Gasteiger partial charge on any atom is -0.339 e. The summed E-state index contributed by atoms with van der Waals surface area (Å²) in [5.74, 6) is 0.241. The second kappa shape index (κ2) is 6.50. The van der Waals surface area contributed by atoms with Crippen LogP contribution in [0.5, 0.6) is 0 Å². The van der Waals surface area contributed by atoms with Crippen molar-refractivity contribution >= 4 is 17.2 Å². The van der Waals surface area contributed by atoms with E-state index in [9.17, 15) is 4.79 Å². The Hall–Kier alpha value is -0.910. The average Bonchev–Trinajstić information content (AvgIpc) is 2.85. The maximum absolute atomic E-state index is 12.2. The number of amides is 1. The Kier molecular flexibility index (Phi) is 4.96. The van der Waals surface area contributed by atoms with Gasteiger partial charge in [-0.15, -0.1) is 11.3 Å². The maximum atomic E-state index is 12.2. The predicted octanol–water partition coefficient (Wildman–Crippen LogP) is 1.48. The number of thiophene rings is 1. The van der Waals surface area contributed by atoms with E-state index in [0.29, 0.717) is 12.6 Å². The molecule has 1 aliphatic heterocycles. The second-order valence-corrected chi connectivity index (χ2v) is 6.14. The smallest absolute Gasteiger partial charge is 0.236 e. The van der Waals surface area contributed by atoms with Gasteiger partial charge in [0.1, 0.15) is 0 Å². The first kappa shape index (κ1) is 14.5. The summed E-state index contributed by atoms with van der Waals surface area (Å²) in [5.41, 5.74) is 1.32. The van der Waals surface area contributed by atoms with Gasteiger partial charge in [0.05, 0.1) is 6.54 Å². The summed E-state index contributed by atoms with van der Waals surface area (Å²) in [6, 6.07) is 2.44. The third-order valence-corrected chi connectivity index (χ3v) is 4.99. The van der Waals surface area contributed by atoms with Gasteiger partial charge in [0, 0.05) is 37.1 Å². The van der Waals surface area contributed by atoms with E-state index >= 15 is 0 Å². The Labute approximate surface area is 119 Å². The molecule has 0 saturated carbocycles. The Balaban J connectivity index is 1.91. The molecule has 0 aromatic carbocycles. The molecule has 1 unspecified atom stereocenters. The third kappa shape index (κ3) is 3.55. The van der Waals surface area contributed by atoms with Gasteiger partial charge in [-0.2, -0.15) is 0 Å². The number of likely N-dealkylation sites (N-methyl/N-ethyl adjacent to an activating group) is 1. The zero-order valence-corrected chi connectivity index (χ0v) is 12.8. The average molecular weight is 281 g/mol. The van der Waals surface area contributed by atoms with E-state index in [2.05, 4.69) is 35.5 Å². The van der Waals surface area contributed by atoms with Crippen molar-refractivity contribution in [1.82, 2.24) is 15.1 Å². The quantitative estimate of drug-likeness (QED) is 0.908. The maximum Gasteiger partial charge on any atom is 0.236 e. The Bertz CT molecular complexity index is 426. The van der Waals surface area contributed by atoms with Gasteiger partial charge in [-0.25, -0.2) is 0 Å². The van der Waals surface area contributed by atoms with Crippen molar-refractivity contribution in [3.05, 3.63) is 21.9 Å². The molecular weight excluding hydrogens is 258 g/mol. The van der Waals surface area contributed by atoms with Crippen LogP contribution in [0.3, 0.4) is 0 Å². The first-order valence-electron chi connectivity index (χ1n) is 6.82. The molecule has 5 heteroatoms. The molecule has 1 N–H and O–H groups in total. The van der Waals surface area contributed by atoms with Gasteiger partial charge in [-0.3, -0.25) is 9.69 Å². The first-order chi connectivity index (χ1) is 9.09. The van der Waals surface area contributed by atoms with Crippen molar-refractivity contribution in [2.75, 3.05) is 39.8 Å². The van der Waals surface area contributed by atoms with Crippen LogP contribution in [0, 0.1) is 6.92 Å². The topological polar surface area (TPSA) is 35.6 Å². The summed E-state index contributed by atoms with van der Waals surface area (Å²) in [5, 5.41) is 5.39. The van der Waals surface area contributed by atoms with E-state index in [1.165, 1.54) is 10.4 Å². The minimum atomic E-state index is 0.241. The number of hydrogen-bond donors (Lipinski definition) is 1. The standard InChI is InChI=1S/C14H23N3OS/c1-11-4-9-19-14(11)12(2)16(3)10-13(18)17-7-5-15-6-8-17/h4,9,12,15H,5-8,10H2,1-3H3. The van der Waals surface area contributed by atoms with Crippen molar-refractivity contribution in [2.45, 2.75) is 19.9 Å². The van der Waals surface area contributed by atoms with Crippen LogP contribution in [0.1, 0.15) is 23.4 Å². The Morgan fingerprint density at radius 1 is 1.53 bits per heavy atom. The molecule has 1 fully saturated rings. The number of carbonyl (C=O) groups excluding carboxylic acids is 1. The highest BCUT2D eigenvalue weighted by atomic mass is 32.1. The molecule has 19 heavy (non-hydrogen) atoms. The lowest BCUT2D eigenvalue weighted by atomic mass is 10.1. The fraction of sp³-hybridized carbons (Fsp3) is 0.643. The van der Waals surface area contributed by atoms with Crippen molar-refractivity contribution in [3.8, 4) is 0 Å². The SMILES string of the molecule is Cc1ccsc1C(C)N(C)CC(=O)N1CCNCC1. The largest absolute Gasteiger partial charge is 0.339 e. The molecule has 1 amide bonds. The zero-order chi connectivity index (χ0) is 13.8. The number of carbonyl (C=O) groups is 1. The molecule has 2 rings (SSSR count). The van der Waals surface area contributed by atoms with Crippen LogP contribution < -0.4 is 5.32 Å². The Morgan fingerprint density at radius 3 is 2.79 bits per heavy atom. The molecule has 1 aromatic heterocycles. The van der Waals surface area contributed by atoms with Crippen molar-refractivity contribution in [1.29, 1.82) is 0 Å². The monoisotopic (exact) mass is 281 g/mol. The van der Waals surface area contributed by atoms with Gasteiger partial charge < -0.3 is 10.2 Å². The summed E-state index contributed by atoms with van der Waals surface area (Å²) in [6.07, 6.45) is 0. The molecule has 4 nitrogen and oxygen atoms in total. The molecular formula is C14H23N3OS.